The Labute approximate surface area is 631 Å². The first kappa shape index (κ1) is 77.3. The van der Waals surface area contributed by atoms with Crippen LogP contribution in [-0.2, 0) is 29.5 Å². The standard InChI is InChI=1S/C24H20N2O4S.2C18H16N2O2.2C12H12N2O2S/c25-17-1-5-19(6-2-17)29-21-9-13-23(14-10-21)31(27,28)24-15-11-22(12-16-24)30-20-7-3-18(26)4-8-20;19-13-4-1-6-15(10-13)21-17-8-3-9-18(12-17)22-16-7-2-5-14(20)11-16;19-13-4-8-15(9-5-13)21-17-2-1-3-18(12-17)22-16-10-6-14(20)7-11-16;13-9-1-5-11(6-2-9)17(15,16)12-7-3-10(14)4-8-12;13-9-3-1-5-11(7-9)17(15,16)12-6-2-4-10(14)8-12/h1-16H,25-26H2;2*1-12H,19-20H2;2*1-8H,13-14H2. The Kier molecular flexibility index (Phi) is 25.5. The minimum atomic E-state index is -3.67. The number of sulfone groups is 3. The van der Waals surface area contributed by atoms with E-state index in [1.165, 1.54) is 72.8 Å². The van der Waals surface area contributed by atoms with E-state index < -0.39 is 29.5 Å². The maximum absolute atomic E-state index is 12.9. The van der Waals surface area contributed by atoms with E-state index in [2.05, 4.69) is 0 Å². The summed E-state index contributed by atoms with van der Waals surface area (Å²) in [6, 6.07) is 94.8. The van der Waals surface area contributed by atoms with Crippen molar-refractivity contribution in [1.82, 2.24) is 0 Å². The van der Waals surface area contributed by atoms with E-state index in [-0.39, 0.29) is 29.4 Å². The van der Waals surface area contributed by atoms with Gasteiger partial charge in [-0.15, -0.1) is 0 Å². The van der Waals surface area contributed by atoms with Crippen LogP contribution in [0.2, 0.25) is 0 Å². The van der Waals surface area contributed by atoms with Gasteiger partial charge in [0.05, 0.1) is 29.4 Å². The van der Waals surface area contributed by atoms with Crippen molar-refractivity contribution in [2.45, 2.75) is 29.4 Å². The van der Waals surface area contributed by atoms with Gasteiger partial charge in [0.1, 0.15) is 69.0 Å². The van der Waals surface area contributed by atoms with Gasteiger partial charge in [-0.1, -0.05) is 36.4 Å². The number of benzene rings is 14. The van der Waals surface area contributed by atoms with E-state index >= 15 is 0 Å². The number of rotatable bonds is 18. The monoisotopic (exact) mass is 1510 g/mol. The van der Waals surface area contributed by atoms with Crippen molar-refractivity contribution in [3.8, 4) is 69.0 Å². The second-order valence-electron chi connectivity index (χ2n) is 23.7. The molecule has 552 valence electrons. The van der Waals surface area contributed by atoms with E-state index in [9.17, 15) is 25.3 Å². The SMILES string of the molecule is Nc1ccc(Oc2ccc(S(=O)(=O)c3ccc(Oc4ccc(N)cc4)cc3)cc2)cc1.Nc1ccc(Oc2cccc(Oc3ccc(N)cc3)c2)cc1.Nc1ccc(S(=O)(=O)c2ccc(N)cc2)cc1.Nc1cccc(Oc2cccc(Oc3cccc(N)c3)c2)c1.Nc1cccc(S(=O)(=O)c2cccc(N)c2)c1. The molecule has 0 unspecified atom stereocenters. The third-order valence-electron chi connectivity index (χ3n) is 15.2. The highest BCUT2D eigenvalue weighted by atomic mass is 32.2. The van der Waals surface area contributed by atoms with Gasteiger partial charge in [-0.2, -0.15) is 0 Å². The molecule has 25 heteroatoms. The van der Waals surface area contributed by atoms with Crippen LogP contribution in [-0.4, -0.2) is 25.3 Å². The zero-order chi connectivity index (χ0) is 77.5. The summed E-state index contributed by atoms with van der Waals surface area (Å²) in [5.74, 6) is 7.81. The number of anilines is 10. The largest absolute Gasteiger partial charge is 0.457 e. The lowest BCUT2D eigenvalue weighted by atomic mass is 10.3. The molecule has 0 radical (unpaired) electrons. The number of hydrogen-bond donors (Lipinski definition) is 10. The second-order valence-corrected chi connectivity index (χ2v) is 29.6. The van der Waals surface area contributed by atoms with E-state index in [0.29, 0.717) is 114 Å². The topological polar surface area (TPSA) is 418 Å². The summed E-state index contributed by atoms with van der Waals surface area (Å²) < 4.78 is 109. The average Bonchev–Trinajstić information content (AvgIpc) is 0.812. The Balaban J connectivity index is 0.000000148. The quantitative estimate of drug-likeness (QED) is 0.0357. The molecule has 0 aliphatic heterocycles. The fourth-order valence-electron chi connectivity index (χ4n) is 9.76. The summed E-state index contributed by atoms with van der Waals surface area (Å²) >= 11 is 0. The van der Waals surface area contributed by atoms with Crippen LogP contribution in [0.5, 0.6) is 69.0 Å². The molecule has 14 aromatic rings. The van der Waals surface area contributed by atoms with Gasteiger partial charge in [0, 0.05) is 81.1 Å². The second kappa shape index (κ2) is 36.0. The van der Waals surface area contributed by atoms with Crippen molar-refractivity contribution in [3.63, 3.8) is 0 Å². The Hall–Kier alpha value is -14.3. The summed E-state index contributed by atoms with van der Waals surface area (Å²) in [5.41, 5.74) is 62.2. The van der Waals surface area contributed by atoms with Gasteiger partial charge in [-0.3, -0.25) is 0 Å². The third kappa shape index (κ3) is 22.9. The zero-order valence-electron chi connectivity index (χ0n) is 58.2. The summed E-state index contributed by atoms with van der Waals surface area (Å²) in [7, 11) is -10.7. The van der Waals surface area contributed by atoms with Crippen molar-refractivity contribution in [1.29, 1.82) is 0 Å². The van der Waals surface area contributed by atoms with Gasteiger partial charge >= 0.3 is 0 Å². The number of nitrogens with two attached hydrogens (primary N) is 10. The molecule has 14 rings (SSSR count). The zero-order valence-corrected chi connectivity index (χ0v) is 60.7. The Morgan fingerprint density at radius 3 is 0.550 bits per heavy atom. The molecule has 0 bridgehead atoms. The molecule has 0 fully saturated rings. The molecule has 0 saturated heterocycles. The summed E-state index contributed by atoms with van der Waals surface area (Å²) in [6.07, 6.45) is 0. The van der Waals surface area contributed by atoms with Gasteiger partial charge in [0.2, 0.25) is 29.5 Å². The van der Waals surface area contributed by atoms with Crippen molar-refractivity contribution < 1.29 is 53.7 Å². The Morgan fingerprint density at radius 2 is 0.312 bits per heavy atom. The van der Waals surface area contributed by atoms with Crippen LogP contribution in [0, 0.1) is 0 Å². The maximum atomic E-state index is 12.9. The van der Waals surface area contributed by atoms with Crippen molar-refractivity contribution in [2.24, 2.45) is 0 Å². The highest BCUT2D eigenvalue weighted by Gasteiger charge is 2.21. The first-order valence-corrected chi connectivity index (χ1v) is 37.5. The van der Waals surface area contributed by atoms with Gasteiger partial charge in [-0.05, 0) is 279 Å². The molecule has 0 atom stereocenters. The fraction of sp³-hybridized carbons (Fsp3) is 0. The van der Waals surface area contributed by atoms with Gasteiger partial charge in [0.25, 0.3) is 0 Å². The lowest BCUT2D eigenvalue weighted by molar-refractivity contribution is 0.460. The van der Waals surface area contributed by atoms with E-state index in [1.807, 2.05) is 109 Å². The molecule has 0 saturated carbocycles. The summed E-state index contributed by atoms with van der Waals surface area (Å²) in [4.78, 5) is 1.12. The van der Waals surface area contributed by atoms with Crippen LogP contribution in [0.15, 0.2) is 369 Å². The minimum Gasteiger partial charge on any atom is -0.457 e. The molecule has 109 heavy (non-hydrogen) atoms. The van der Waals surface area contributed by atoms with Crippen LogP contribution < -0.4 is 85.8 Å². The highest BCUT2D eigenvalue weighted by Crippen LogP contribution is 2.34. The predicted molar refractivity (Wildman–Crippen MR) is 431 cm³/mol. The van der Waals surface area contributed by atoms with Crippen LogP contribution in [0.4, 0.5) is 56.9 Å². The molecule has 0 spiro atoms. The van der Waals surface area contributed by atoms with Crippen LogP contribution >= 0.6 is 0 Å². The number of ether oxygens (including phenoxy) is 6. The van der Waals surface area contributed by atoms with Crippen molar-refractivity contribution in [3.05, 3.63) is 340 Å². The smallest absolute Gasteiger partial charge is 0.206 e. The predicted octanol–water partition coefficient (Wildman–Crippen LogP) is 17.5. The van der Waals surface area contributed by atoms with Crippen LogP contribution in [0.3, 0.4) is 0 Å². The van der Waals surface area contributed by atoms with E-state index in [0.717, 1.165) is 11.5 Å². The van der Waals surface area contributed by atoms with Crippen molar-refractivity contribution >= 4 is 86.4 Å². The molecule has 0 aromatic heterocycles. The summed E-state index contributed by atoms with van der Waals surface area (Å²) in [6.45, 7) is 0. The van der Waals surface area contributed by atoms with E-state index in [4.69, 9.17) is 85.8 Å². The third-order valence-corrected chi connectivity index (χ3v) is 20.6. The highest BCUT2D eigenvalue weighted by molar-refractivity contribution is 7.92. The van der Waals surface area contributed by atoms with Gasteiger partial charge in [0.15, 0.2) is 0 Å². The van der Waals surface area contributed by atoms with Crippen LogP contribution in [0.1, 0.15) is 0 Å². The lowest BCUT2D eigenvalue weighted by Gasteiger charge is -2.09. The molecule has 0 aliphatic rings. The lowest BCUT2D eigenvalue weighted by Crippen LogP contribution is -2.03. The molecule has 20 N–H and O–H groups in total. The Morgan fingerprint density at radius 1 is 0.147 bits per heavy atom. The first-order valence-electron chi connectivity index (χ1n) is 33.1. The number of hydrogen-bond acceptors (Lipinski definition) is 22. The van der Waals surface area contributed by atoms with Crippen LogP contribution in [0.25, 0.3) is 0 Å². The molecular weight excluding hydrogens is 1440 g/mol. The molecule has 0 aliphatic carbocycles. The molecular formula is C84H76N10O12S3. The average molecular weight is 1510 g/mol. The molecule has 22 nitrogen and oxygen atoms in total. The summed E-state index contributed by atoms with van der Waals surface area (Å²) in [5, 5.41) is 0. The molecule has 0 heterocycles. The normalized spacial score (nSPS) is 10.8. The minimum absolute atomic E-state index is 0.170. The van der Waals surface area contributed by atoms with Crippen molar-refractivity contribution in [2.75, 3.05) is 57.3 Å². The van der Waals surface area contributed by atoms with Gasteiger partial charge < -0.3 is 85.8 Å². The number of nitrogen functional groups attached to an aromatic ring is 10. The Bertz CT molecular complexity index is 5380. The van der Waals surface area contributed by atoms with Gasteiger partial charge in [-0.25, -0.2) is 25.3 Å². The molecule has 14 aromatic carbocycles. The van der Waals surface area contributed by atoms with E-state index in [1.54, 1.807) is 158 Å². The fourth-order valence-corrected chi connectivity index (χ4v) is 13.6. The first-order chi connectivity index (χ1) is 52.3. The molecule has 0 amide bonds. The maximum Gasteiger partial charge on any atom is 0.206 e.